The molecule has 0 amide bonds. The van der Waals surface area contributed by atoms with Gasteiger partial charge in [0, 0.05) is 18.6 Å². The molecule has 4 nitrogen and oxygen atoms in total. The SMILES string of the molecule is Cc1cc(Cl)c(C(C)C)cc1Oc1c(CN)c(C)nn1C. The van der Waals surface area contributed by atoms with Crippen LogP contribution in [0.3, 0.4) is 0 Å². The Hall–Kier alpha value is -1.52. The number of aryl methyl sites for hydroxylation is 3. The van der Waals surface area contributed by atoms with Gasteiger partial charge in [0.15, 0.2) is 0 Å². The van der Waals surface area contributed by atoms with Crippen molar-refractivity contribution in [2.45, 2.75) is 40.2 Å². The fraction of sp³-hybridized carbons (Fsp3) is 0.438. The second kappa shape index (κ2) is 6.08. The van der Waals surface area contributed by atoms with Gasteiger partial charge < -0.3 is 10.5 Å². The Morgan fingerprint density at radius 3 is 2.57 bits per heavy atom. The molecule has 0 atom stereocenters. The molecule has 5 heteroatoms. The highest BCUT2D eigenvalue weighted by Gasteiger charge is 2.17. The predicted molar refractivity (Wildman–Crippen MR) is 86.2 cm³/mol. The summed E-state index contributed by atoms with van der Waals surface area (Å²) in [5, 5.41) is 5.14. The molecule has 0 radical (unpaired) electrons. The van der Waals surface area contributed by atoms with Crippen LogP contribution < -0.4 is 10.5 Å². The first-order chi connectivity index (χ1) is 9.85. The Kier molecular flexibility index (Phi) is 4.59. The molecule has 1 aromatic carbocycles. The molecular formula is C16H22ClN3O. The molecule has 2 rings (SSSR count). The largest absolute Gasteiger partial charge is 0.439 e. The van der Waals surface area contributed by atoms with Crippen LogP contribution in [0.5, 0.6) is 11.6 Å². The van der Waals surface area contributed by atoms with E-state index in [1.165, 1.54) is 0 Å². The standard InChI is InChI=1S/C16H22ClN3O/c1-9(2)12-7-15(10(3)6-14(12)17)21-16-13(8-18)11(4)19-20(16)5/h6-7,9H,8,18H2,1-5H3. The fourth-order valence-corrected chi connectivity index (χ4v) is 2.81. The van der Waals surface area contributed by atoms with Gasteiger partial charge in [0.05, 0.1) is 11.3 Å². The van der Waals surface area contributed by atoms with E-state index in [0.717, 1.165) is 33.2 Å². The lowest BCUT2D eigenvalue weighted by Gasteiger charge is -2.15. The van der Waals surface area contributed by atoms with E-state index in [4.69, 9.17) is 22.1 Å². The lowest BCUT2D eigenvalue weighted by molar-refractivity contribution is 0.422. The van der Waals surface area contributed by atoms with Crippen LogP contribution in [0.1, 0.15) is 42.1 Å². The third-order valence-corrected chi connectivity index (χ3v) is 3.94. The van der Waals surface area contributed by atoms with Gasteiger partial charge in [-0.25, -0.2) is 4.68 Å². The monoisotopic (exact) mass is 307 g/mol. The zero-order valence-electron chi connectivity index (χ0n) is 13.2. The van der Waals surface area contributed by atoms with Crippen molar-refractivity contribution in [1.29, 1.82) is 0 Å². The first-order valence-corrected chi connectivity index (χ1v) is 7.43. The van der Waals surface area contributed by atoms with Crippen LogP contribution in [-0.4, -0.2) is 9.78 Å². The normalized spacial score (nSPS) is 11.2. The van der Waals surface area contributed by atoms with E-state index < -0.39 is 0 Å². The maximum Gasteiger partial charge on any atom is 0.222 e. The Morgan fingerprint density at radius 1 is 1.33 bits per heavy atom. The summed E-state index contributed by atoms with van der Waals surface area (Å²) < 4.78 is 7.81. The summed E-state index contributed by atoms with van der Waals surface area (Å²) in [4.78, 5) is 0. The lowest BCUT2D eigenvalue weighted by Crippen LogP contribution is -2.02. The van der Waals surface area contributed by atoms with Gasteiger partial charge in [-0.3, -0.25) is 0 Å². The molecule has 0 aliphatic rings. The van der Waals surface area contributed by atoms with Gasteiger partial charge in [0.1, 0.15) is 5.75 Å². The third-order valence-electron chi connectivity index (χ3n) is 3.62. The minimum absolute atomic E-state index is 0.336. The molecular weight excluding hydrogens is 286 g/mol. The highest BCUT2D eigenvalue weighted by Crippen LogP contribution is 2.35. The smallest absolute Gasteiger partial charge is 0.222 e. The lowest BCUT2D eigenvalue weighted by atomic mass is 10.0. The number of nitrogens with zero attached hydrogens (tertiary/aromatic N) is 2. The molecule has 0 aliphatic heterocycles. The van der Waals surface area contributed by atoms with Gasteiger partial charge in [-0.05, 0) is 43.0 Å². The minimum Gasteiger partial charge on any atom is -0.439 e. The van der Waals surface area contributed by atoms with Crippen LogP contribution in [0.25, 0.3) is 0 Å². The first-order valence-electron chi connectivity index (χ1n) is 7.05. The first kappa shape index (κ1) is 15.9. The second-order valence-corrected chi connectivity index (χ2v) is 6.00. The molecule has 0 saturated heterocycles. The summed E-state index contributed by atoms with van der Waals surface area (Å²) >= 11 is 6.30. The van der Waals surface area contributed by atoms with E-state index in [9.17, 15) is 0 Å². The predicted octanol–water partition coefficient (Wildman–Crippen LogP) is 4.06. The number of aromatic nitrogens is 2. The minimum atomic E-state index is 0.336. The number of halogens is 1. The van der Waals surface area contributed by atoms with E-state index in [0.29, 0.717) is 18.3 Å². The molecule has 0 aliphatic carbocycles. The Balaban J connectivity index is 2.47. The maximum atomic E-state index is 6.30. The average molecular weight is 308 g/mol. The maximum absolute atomic E-state index is 6.30. The Bertz CT molecular complexity index is 662. The molecule has 0 fully saturated rings. The molecule has 21 heavy (non-hydrogen) atoms. The number of rotatable bonds is 4. The highest BCUT2D eigenvalue weighted by molar-refractivity contribution is 6.31. The molecule has 0 spiro atoms. The highest BCUT2D eigenvalue weighted by atomic mass is 35.5. The number of hydrogen-bond donors (Lipinski definition) is 1. The molecule has 0 unspecified atom stereocenters. The Morgan fingerprint density at radius 2 is 2.00 bits per heavy atom. The third kappa shape index (κ3) is 3.06. The van der Waals surface area contributed by atoms with Crippen LogP contribution in [-0.2, 0) is 13.6 Å². The van der Waals surface area contributed by atoms with Gasteiger partial charge in [-0.15, -0.1) is 0 Å². The van der Waals surface area contributed by atoms with Gasteiger partial charge in [-0.1, -0.05) is 25.4 Å². The molecule has 114 valence electrons. The van der Waals surface area contributed by atoms with Crippen molar-refractivity contribution in [3.05, 3.63) is 39.5 Å². The van der Waals surface area contributed by atoms with Crippen molar-refractivity contribution in [2.75, 3.05) is 0 Å². The quantitative estimate of drug-likeness (QED) is 0.926. The molecule has 0 saturated carbocycles. The molecule has 1 heterocycles. The van der Waals surface area contributed by atoms with Crippen LogP contribution in [0.4, 0.5) is 0 Å². The zero-order valence-corrected chi connectivity index (χ0v) is 14.0. The van der Waals surface area contributed by atoms with Crippen molar-refractivity contribution in [2.24, 2.45) is 12.8 Å². The number of benzene rings is 1. The van der Waals surface area contributed by atoms with Crippen molar-refractivity contribution < 1.29 is 4.74 Å². The average Bonchev–Trinajstić information content (AvgIpc) is 2.66. The van der Waals surface area contributed by atoms with Gasteiger partial charge in [0.2, 0.25) is 5.88 Å². The van der Waals surface area contributed by atoms with Crippen LogP contribution in [0.2, 0.25) is 5.02 Å². The van der Waals surface area contributed by atoms with E-state index in [1.54, 1.807) is 4.68 Å². The Labute approximate surface area is 130 Å². The number of nitrogens with two attached hydrogens (primary N) is 1. The summed E-state index contributed by atoms with van der Waals surface area (Å²) in [6.45, 7) is 8.54. The van der Waals surface area contributed by atoms with Crippen molar-refractivity contribution in [1.82, 2.24) is 9.78 Å². The van der Waals surface area contributed by atoms with Crippen molar-refractivity contribution in [3.63, 3.8) is 0 Å². The van der Waals surface area contributed by atoms with Gasteiger partial charge >= 0.3 is 0 Å². The van der Waals surface area contributed by atoms with E-state index >= 15 is 0 Å². The topological polar surface area (TPSA) is 53.1 Å². The number of ether oxygens (including phenoxy) is 1. The summed E-state index contributed by atoms with van der Waals surface area (Å²) in [6, 6.07) is 3.95. The van der Waals surface area contributed by atoms with Crippen LogP contribution in [0, 0.1) is 13.8 Å². The second-order valence-electron chi connectivity index (χ2n) is 5.59. The van der Waals surface area contributed by atoms with Crippen molar-refractivity contribution in [3.8, 4) is 11.6 Å². The van der Waals surface area contributed by atoms with Crippen molar-refractivity contribution >= 4 is 11.6 Å². The van der Waals surface area contributed by atoms with Crippen LogP contribution in [0.15, 0.2) is 12.1 Å². The van der Waals surface area contributed by atoms with E-state index in [-0.39, 0.29) is 0 Å². The summed E-state index contributed by atoms with van der Waals surface area (Å²) in [5.74, 6) is 1.82. The van der Waals surface area contributed by atoms with Gasteiger partial charge in [-0.2, -0.15) is 5.10 Å². The number of hydrogen-bond acceptors (Lipinski definition) is 3. The fourth-order valence-electron chi connectivity index (χ4n) is 2.37. The zero-order chi connectivity index (χ0) is 15.7. The molecule has 2 aromatic rings. The molecule has 1 aromatic heterocycles. The summed E-state index contributed by atoms with van der Waals surface area (Å²) in [5.41, 5.74) is 9.69. The van der Waals surface area contributed by atoms with E-state index in [1.807, 2.05) is 33.0 Å². The van der Waals surface area contributed by atoms with E-state index in [2.05, 4.69) is 18.9 Å². The summed E-state index contributed by atoms with van der Waals surface area (Å²) in [7, 11) is 1.86. The molecule has 0 bridgehead atoms. The summed E-state index contributed by atoms with van der Waals surface area (Å²) in [6.07, 6.45) is 0. The van der Waals surface area contributed by atoms with Gasteiger partial charge in [0.25, 0.3) is 0 Å². The van der Waals surface area contributed by atoms with Crippen LogP contribution >= 0.6 is 11.6 Å². The molecule has 2 N–H and O–H groups in total.